The van der Waals surface area contributed by atoms with Crippen LogP contribution in [0.1, 0.15) is 6.92 Å². The maximum atomic E-state index is 9.60. The lowest BCUT2D eigenvalue weighted by Crippen LogP contribution is -2.11. The molecular weight excluding hydrogens is 170 g/mol. The Hall–Kier alpha value is -1.29. The second-order valence-electron chi connectivity index (χ2n) is 1.87. The van der Waals surface area contributed by atoms with Gasteiger partial charge in [0.15, 0.2) is 0 Å². The third-order valence-corrected chi connectivity index (χ3v) is 0.758. The first-order valence-electron chi connectivity index (χ1n) is 3.90. The Balaban J connectivity index is 0. The summed E-state index contributed by atoms with van der Waals surface area (Å²) < 4.78 is 9.08. The van der Waals surface area contributed by atoms with Gasteiger partial charge in [-0.2, -0.15) is 0 Å². The van der Waals surface area contributed by atoms with E-state index < -0.39 is 6.09 Å². The summed E-state index contributed by atoms with van der Waals surface area (Å²) in [4.78, 5) is 9.60. The van der Waals surface area contributed by atoms with Crippen molar-refractivity contribution in [2.24, 2.45) is 5.73 Å². The summed E-state index contributed by atoms with van der Waals surface area (Å²) in [5.74, 6) is 0. The Morgan fingerprint density at radius 1 is 1.38 bits per heavy atom. The molecule has 0 bridgehead atoms. The van der Waals surface area contributed by atoms with Gasteiger partial charge in [-0.3, -0.25) is 0 Å². The number of carbonyl (C=O) groups excluding carboxylic acids is 1. The minimum Gasteiger partial charge on any atom is -0.450 e. The van der Waals surface area contributed by atoms with Crippen LogP contribution in [0.25, 0.3) is 0 Å². The smallest absolute Gasteiger partial charge is 0.404 e. The van der Waals surface area contributed by atoms with Crippen molar-refractivity contribution in [1.82, 2.24) is 0 Å². The highest BCUT2D eigenvalue weighted by Gasteiger charge is 1.82. The Bertz CT molecular complexity index is 138. The van der Waals surface area contributed by atoms with Crippen molar-refractivity contribution in [3.63, 3.8) is 0 Å². The molecule has 0 aromatic rings. The van der Waals surface area contributed by atoms with Crippen LogP contribution in [0.2, 0.25) is 0 Å². The number of nitrogens with two attached hydrogens (primary N) is 1. The van der Waals surface area contributed by atoms with E-state index in [-0.39, 0.29) is 0 Å². The first kappa shape index (κ1) is 14.2. The van der Waals surface area contributed by atoms with Crippen molar-refractivity contribution in [2.45, 2.75) is 6.92 Å². The number of primary amides is 1. The number of amides is 1. The van der Waals surface area contributed by atoms with Gasteiger partial charge in [0.2, 0.25) is 0 Å². The largest absolute Gasteiger partial charge is 0.450 e. The van der Waals surface area contributed by atoms with Crippen LogP contribution in [-0.4, -0.2) is 25.9 Å². The minimum absolute atomic E-state index is 0.356. The van der Waals surface area contributed by atoms with Gasteiger partial charge in [-0.25, -0.2) is 4.79 Å². The van der Waals surface area contributed by atoms with E-state index >= 15 is 0 Å². The monoisotopic (exact) mass is 187 g/mol. The zero-order valence-corrected chi connectivity index (χ0v) is 7.99. The predicted molar refractivity (Wildman–Crippen MR) is 52.4 cm³/mol. The van der Waals surface area contributed by atoms with E-state index in [1.54, 1.807) is 19.1 Å². The molecule has 1 amide bonds. The van der Waals surface area contributed by atoms with E-state index in [1.807, 2.05) is 0 Å². The van der Waals surface area contributed by atoms with Gasteiger partial charge < -0.3 is 15.2 Å². The quantitative estimate of drug-likeness (QED) is 0.523. The number of rotatable bonds is 5. The van der Waals surface area contributed by atoms with Crippen LogP contribution in [0, 0.1) is 0 Å². The van der Waals surface area contributed by atoms with Gasteiger partial charge in [0.05, 0.1) is 19.8 Å². The zero-order valence-electron chi connectivity index (χ0n) is 7.99. The first-order chi connectivity index (χ1) is 6.18. The van der Waals surface area contributed by atoms with Gasteiger partial charge in [-0.1, -0.05) is 12.2 Å². The predicted octanol–water partition coefficient (Wildman–Crippen LogP) is 1.48. The third kappa shape index (κ3) is 24.9. The van der Waals surface area contributed by atoms with Crippen LogP contribution < -0.4 is 5.73 Å². The van der Waals surface area contributed by atoms with Crippen LogP contribution >= 0.6 is 0 Å². The molecule has 0 atom stereocenters. The van der Waals surface area contributed by atoms with E-state index in [2.05, 4.69) is 23.6 Å². The summed E-state index contributed by atoms with van der Waals surface area (Å²) in [6.07, 6.45) is 2.71. The average Bonchev–Trinajstić information content (AvgIpc) is 2.06. The topological polar surface area (TPSA) is 61.6 Å². The normalized spacial score (nSPS) is 7.77. The SMILES string of the molecule is C=CCOCC=C.CCOC(N)=O. The van der Waals surface area contributed by atoms with Gasteiger partial charge in [-0.15, -0.1) is 13.2 Å². The molecule has 0 aliphatic heterocycles. The summed E-state index contributed by atoms with van der Waals surface area (Å²) in [7, 11) is 0. The fourth-order valence-electron chi connectivity index (χ4n) is 0.377. The number of hydrogen-bond acceptors (Lipinski definition) is 3. The molecule has 0 heterocycles. The molecule has 0 radical (unpaired) electrons. The Morgan fingerprint density at radius 3 is 2.00 bits per heavy atom. The molecule has 0 saturated heterocycles. The summed E-state index contributed by atoms with van der Waals surface area (Å²) in [6.45, 7) is 10.2. The fourth-order valence-corrected chi connectivity index (χ4v) is 0.377. The molecule has 0 aliphatic rings. The van der Waals surface area contributed by atoms with E-state index in [9.17, 15) is 4.79 Å². The highest BCUT2D eigenvalue weighted by molar-refractivity contribution is 5.64. The Labute approximate surface area is 79.0 Å². The summed E-state index contributed by atoms with van der Waals surface area (Å²) in [6, 6.07) is 0. The lowest BCUT2D eigenvalue weighted by atomic mass is 10.6. The molecule has 0 aliphatic carbocycles. The maximum Gasteiger partial charge on any atom is 0.404 e. The second-order valence-corrected chi connectivity index (χ2v) is 1.87. The van der Waals surface area contributed by atoms with Crippen molar-refractivity contribution >= 4 is 6.09 Å². The molecule has 0 rings (SSSR count). The highest BCUT2D eigenvalue weighted by Crippen LogP contribution is 1.72. The molecule has 76 valence electrons. The van der Waals surface area contributed by atoms with Gasteiger partial charge >= 0.3 is 6.09 Å². The average molecular weight is 187 g/mol. The highest BCUT2D eigenvalue weighted by atomic mass is 16.5. The first-order valence-corrected chi connectivity index (χ1v) is 3.90. The molecule has 0 unspecified atom stereocenters. The molecule has 0 aromatic carbocycles. The number of carbonyl (C=O) groups is 1. The molecule has 0 saturated carbocycles. The maximum absolute atomic E-state index is 9.60. The van der Waals surface area contributed by atoms with Crippen LogP contribution in [0.15, 0.2) is 25.3 Å². The van der Waals surface area contributed by atoms with Crippen LogP contribution in [0.5, 0.6) is 0 Å². The number of hydrogen-bond donors (Lipinski definition) is 1. The van der Waals surface area contributed by atoms with Crippen LogP contribution in [0.3, 0.4) is 0 Å². The van der Waals surface area contributed by atoms with Gasteiger partial charge in [0, 0.05) is 0 Å². The van der Waals surface area contributed by atoms with Crippen molar-refractivity contribution in [3.8, 4) is 0 Å². The minimum atomic E-state index is -0.711. The number of ether oxygens (including phenoxy) is 2. The van der Waals surface area contributed by atoms with E-state index in [4.69, 9.17) is 4.74 Å². The summed E-state index contributed by atoms with van der Waals surface area (Å²) in [5.41, 5.74) is 4.54. The second kappa shape index (κ2) is 13.3. The summed E-state index contributed by atoms with van der Waals surface area (Å²) in [5, 5.41) is 0. The standard InChI is InChI=1S/C6H10O.C3H7NO2/c1-3-5-7-6-4-2;1-2-6-3(4)5/h3-4H,1-2,5-6H2;2H2,1H3,(H2,4,5). The van der Waals surface area contributed by atoms with Gasteiger partial charge in [-0.05, 0) is 6.92 Å². The summed E-state index contributed by atoms with van der Waals surface area (Å²) >= 11 is 0. The molecule has 4 nitrogen and oxygen atoms in total. The lowest BCUT2D eigenvalue weighted by Gasteiger charge is -1.89. The molecule has 2 N–H and O–H groups in total. The van der Waals surface area contributed by atoms with Crippen LogP contribution in [-0.2, 0) is 9.47 Å². The molecule has 0 fully saturated rings. The third-order valence-electron chi connectivity index (χ3n) is 0.758. The Morgan fingerprint density at radius 2 is 1.85 bits per heavy atom. The van der Waals surface area contributed by atoms with Crippen molar-refractivity contribution in [2.75, 3.05) is 19.8 Å². The van der Waals surface area contributed by atoms with Crippen LogP contribution in [0.4, 0.5) is 4.79 Å². The van der Waals surface area contributed by atoms with Gasteiger partial charge in [0.25, 0.3) is 0 Å². The van der Waals surface area contributed by atoms with Crippen molar-refractivity contribution in [3.05, 3.63) is 25.3 Å². The molecule has 0 spiro atoms. The fraction of sp³-hybridized carbons (Fsp3) is 0.444. The lowest BCUT2D eigenvalue weighted by molar-refractivity contribution is 0.163. The molecule has 0 aromatic heterocycles. The molecule has 13 heavy (non-hydrogen) atoms. The Kier molecular flexibility index (Phi) is 14.6. The van der Waals surface area contributed by atoms with E-state index in [0.717, 1.165) is 0 Å². The molecule has 4 heteroatoms. The van der Waals surface area contributed by atoms with Crippen molar-refractivity contribution in [1.29, 1.82) is 0 Å². The molecular formula is C9H17NO3. The zero-order chi connectivity index (χ0) is 10.5. The van der Waals surface area contributed by atoms with E-state index in [1.165, 1.54) is 0 Å². The van der Waals surface area contributed by atoms with E-state index in [0.29, 0.717) is 19.8 Å². The van der Waals surface area contributed by atoms with Gasteiger partial charge in [0.1, 0.15) is 0 Å². The van der Waals surface area contributed by atoms with Crippen molar-refractivity contribution < 1.29 is 14.3 Å².